The van der Waals surface area contributed by atoms with Crippen LogP contribution >= 0.6 is 0 Å². The number of aromatic nitrogens is 1. The molecule has 4 nitrogen and oxygen atoms in total. The summed E-state index contributed by atoms with van der Waals surface area (Å²) in [5.74, 6) is 0.302. The Kier molecular flexibility index (Phi) is 2.80. The topological polar surface area (TPSA) is 62.4 Å². The fourth-order valence-corrected chi connectivity index (χ4v) is 2.55. The van der Waals surface area contributed by atoms with Crippen LogP contribution in [0, 0.1) is 0 Å². The van der Waals surface area contributed by atoms with Gasteiger partial charge in [0.2, 0.25) is 0 Å². The molecule has 4 heteroatoms. The lowest BCUT2D eigenvalue weighted by Crippen LogP contribution is -2.39. The molecule has 94 valence electrons. The number of nitrogens with two attached hydrogens (primary N) is 1. The third-order valence-corrected chi connectivity index (χ3v) is 3.58. The molecule has 18 heavy (non-hydrogen) atoms. The number of rotatable bonds is 1. The van der Waals surface area contributed by atoms with Gasteiger partial charge in [-0.15, -0.1) is 0 Å². The zero-order valence-corrected chi connectivity index (χ0v) is 10.2. The molecule has 0 atom stereocenters. The van der Waals surface area contributed by atoms with Gasteiger partial charge in [0.15, 0.2) is 0 Å². The van der Waals surface area contributed by atoms with Gasteiger partial charge in [-0.05, 0) is 31.0 Å². The second-order valence-corrected chi connectivity index (χ2v) is 4.83. The molecule has 1 aliphatic heterocycles. The van der Waals surface area contributed by atoms with E-state index in [0.29, 0.717) is 5.75 Å². The van der Waals surface area contributed by atoms with Crippen molar-refractivity contribution in [2.24, 2.45) is 5.73 Å². The van der Waals surface area contributed by atoms with Gasteiger partial charge in [-0.3, -0.25) is 4.98 Å². The van der Waals surface area contributed by atoms with Gasteiger partial charge in [-0.25, -0.2) is 0 Å². The van der Waals surface area contributed by atoms with Crippen LogP contribution in [0.25, 0.3) is 10.9 Å². The molecule has 3 rings (SSSR count). The molecule has 2 heterocycles. The number of hydrogen-bond donors (Lipinski definition) is 2. The van der Waals surface area contributed by atoms with Crippen molar-refractivity contribution in [3.8, 4) is 5.75 Å². The highest BCUT2D eigenvalue weighted by Gasteiger charge is 2.21. The van der Waals surface area contributed by atoms with Gasteiger partial charge in [0, 0.05) is 30.7 Å². The number of piperidine rings is 1. The molecule has 1 saturated heterocycles. The minimum absolute atomic E-state index is 0.284. The summed E-state index contributed by atoms with van der Waals surface area (Å²) < 4.78 is 0. The lowest BCUT2D eigenvalue weighted by Gasteiger charge is -2.32. The quantitative estimate of drug-likeness (QED) is 0.802. The Hall–Kier alpha value is -1.81. The van der Waals surface area contributed by atoms with Gasteiger partial charge in [-0.1, -0.05) is 6.07 Å². The number of benzene rings is 1. The zero-order chi connectivity index (χ0) is 12.5. The van der Waals surface area contributed by atoms with E-state index < -0.39 is 0 Å². The van der Waals surface area contributed by atoms with E-state index in [2.05, 4.69) is 9.88 Å². The fraction of sp³-hybridized carbons (Fsp3) is 0.357. The number of nitrogens with zero attached hydrogens (tertiary/aromatic N) is 2. The Morgan fingerprint density at radius 3 is 2.78 bits per heavy atom. The molecule has 2 aromatic rings. The molecule has 1 aromatic heterocycles. The molecule has 0 aliphatic carbocycles. The van der Waals surface area contributed by atoms with Crippen LogP contribution in [0.1, 0.15) is 12.8 Å². The Bertz CT molecular complexity index is 562. The Morgan fingerprint density at radius 2 is 2.00 bits per heavy atom. The van der Waals surface area contributed by atoms with Crippen molar-refractivity contribution < 1.29 is 5.11 Å². The van der Waals surface area contributed by atoms with Crippen LogP contribution in [-0.2, 0) is 0 Å². The van der Waals surface area contributed by atoms with E-state index in [1.807, 2.05) is 18.2 Å². The summed E-state index contributed by atoms with van der Waals surface area (Å²) in [6, 6.07) is 7.85. The minimum Gasteiger partial charge on any atom is -0.506 e. The lowest BCUT2D eigenvalue weighted by molar-refractivity contribution is 0.462. The van der Waals surface area contributed by atoms with E-state index in [4.69, 9.17) is 5.73 Å². The maximum atomic E-state index is 10.1. The number of phenols is 1. The molecule has 0 unspecified atom stereocenters. The summed E-state index contributed by atoms with van der Waals surface area (Å²) >= 11 is 0. The smallest absolute Gasteiger partial charge is 0.141 e. The van der Waals surface area contributed by atoms with E-state index in [-0.39, 0.29) is 6.04 Å². The van der Waals surface area contributed by atoms with E-state index >= 15 is 0 Å². The summed E-state index contributed by atoms with van der Waals surface area (Å²) in [4.78, 5) is 6.59. The fourth-order valence-electron chi connectivity index (χ4n) is 2.55. The number of pyridine rings is 1. The molecule has 0 radical (unpaired) electrons. The first-order chi connectivity index (χ1) is 8.75. The summed E-state index contributed by atoms with van der Waals surface area (Å²) in [5.41, 5.74) is 7.64. The maximum absolute atomic E-state index is 10.1. The standard InChI is InChI=1S/C14H17N3O/c15-11-5-8-17(9-6-11)14-12(18)4-3-10-2-1-7-16-13(10)14/h1-4,7,11,18H,5-6,8-9,15H2. The third-order valence-electron chi connectivity index (χ3n) is 3.58. The third kappa shape index (κ3) is 1.88. The van der Waals surface area contributed by atoms with E-state index in [0.717, 1.165) is 42.5 Å². The predicted molar refractivity (Wildman–Crippen MR) is 72.8 cm³/mol. The number of anilines is 1. The second kappa shape index (κ2) is 4.46. The number of aromatic hydroxyl groups is 1. The van der Waals surface area contributed by atoms with Crippen LogP contribution in [0.3, 0.4) is 0 Å². The Labute approximate surface area is 106 Å². The molecular formula is C14H17N3O. The van der Waals surface area contributed by atoms with Gasteiger partial charge in [-0.2, -0.15) is 0 Å². The van der Waals surface area contributed by atoms with Crippen molar-refractivity contribution >= 4 is 16.6 Å². The largest absolute Gasteiger partial charge is 0.506 e. The Morgan fingerprint density at radius 1 is 1.22 bits per heavy atom. The molecule has 0 saturated carbocycles. The average molecular weight is 243 g/mol. The normalized spacial score (nSPS) is 17.3. The minimum atomic E-state index is 0.284. The van der Waals surface area contributed by atoms with Crippen LogP contribution in [0.4, 0.5) is 5.69 Å². The highest BCUT2D eigenvalue weighted by Crippen LogP contribution is 2.35. The average Bonchev–Trinajstić information content (AvgIpc) is 2.40. The molecule has 3 N–H and O–H groups in total. The molecule has 0 amide bonds. The SMILES string of the molecule is NC1CCN(c2c(O)ccc3cccnc23)CC1. The number of phenolic OH excluding ortho intramolecular Hbond substituents is 1. The van der Waals surface area contributed by atoms with Crippen molar-refractivity contribution in [3.63, 3.8) is 0 Å². The highest BCUT2D eigenvalue weighted by molar-refractivity contribution is 5.94. The monoisotopic (exact) mass is 243 g/mol. The summed E-state index contributed by atoms with van der Waals surface area (Å²) in [6.07, 6.45) is 3.69. The summed E-state index contributed by atoms with van der Waals surface area (Å²) in [5, 5.41) is 11.2. The number of hydrogen-bond acceptors (Lipinski definition) is 4. The Balaban J connectivity index is 2.07. The van der Waals surface area contributed by atoms with Crippen molar-refractivity contribution in [1.29, 1.82) is 0 Å². The maximum Gasteiger partial charge on any atom is 0.141 e. The van der Waals surface area contributed by atoms with Crippen molar-refractivity contribution in [2.45, 2.75) is 18.9 Å². The van der Waals surface area contributed by atoms with E-state index in [1.165, 1.54) is 0 Å². The zero-order valence-electron chi connectivity index (χ0n) is 10.2. The van der Waals surface area contributed by atoms with Crippen LogP contribution < -0.4 is 10.6 Å². The van der Waals surface area contributed by atoms with E-state index in [1.54, 1.807) is 12.3 Å². The summed E-state index contributed by atoms with van der Waals surface area (Å²) in [6.45, 7) is 1.76. The van der Waals surface area contributed by atoms with E-state index in [9.17, 15) is 5.11 Å². The van der Waals surface area contributed by atoms with Gasteiger partial charge < -0.3 is 15.7 Å². The van der Waals surface area contributed by atoms with Crippen LogP contribution in [-0.4, -0.2) is 29.2 Å². The molecule has 1 aromatic carbocycles. The van der Waals surface area contributed by atoms with Crippen LogP contribution in [0.2, 0.25) is 0 Å². The first kappa shape index (κ1) is 11.3. The summed E-state index contributed by atoms with van der Waals surface area (Å²) in [7, 11) is 0. The molecule has 1 aliphatic rings. The second-order valence-electron chi connectivity index (χ2n) is 4.83. The highest BCUT2D eigenvalue weighted by atomic mass is 16.3. The molecular weight excluding hydrogens is 226 g/mol. The number of fused-ring (bicyclic) bond motifs is 1. The molecule has 0 bridgehead atoms. The van der Waals surface area contributed by atoms with Crippen molar-refractivity contribution in [1.82, 2.24) is 4.98 Å². The van der Waals surface area contributed by atoms with Gasteiger partial charge in [0.1, 0.15) is 11.4 Å². The molecule has 0 spiro atoms. The van der Waals surface area contributed by atoms with Crippen molar-refractivity contribution in [3.05, 3.63) is 30.5 Å². The van der Waals surface area contributed by atoms with Crippen LogP contribution in [0.15, 0.2) is 30.5 Å². The first-order valence-corrected chi connectivity index (χ1v) is 6.33. The first-order valence-electron chi connectivity index (χ1n) is 6.33. The van der Waals surface area contributed by atoms with Gasteiger partial charge in [0.25, 0.3) is 0 Å². The lowest BCUT2D eigenvalue weighted by atomic mass is 10.0. The van der Waals surface area contributed by atoms with Crippen LogP contribution in [0.5, 0.6) is 5.75 Å². The van der Waals surface area contributed by atoms with Gasteiger partial charge in [0.05, 0.1) is 5.52 Å². The molecule has 1 fully saturated rings. The van der Waals surface area contributed by atoms with Crippen molar-refractivity contribution in [2.75, 3.05) is 18.0 Å². The van der Waals surface area contributed by atoms with Gasteiger partial charge >= 0.3 is 0 Å². The predicted octanol–water partition coefficient (Wildman–Crippen LogP) is 1.87.